The molecule has 0 radical (unpaired) electrons. The van der Waals surface area contributed by atoms with E-state index in [1.54, 1.807) is 105 Å². The molecule has 0 bridgehead atoms. The Kier molecular flexibility index (Phi) is 36.0. The van der Waals surface area contributed by atoms with Crippen LogP contribution in [-0.4, -0.2) is 110 Å². The molecule has 1 aliphatic heterocycles. The second kappa shape index (κ2) is 47.0. The zero-order valence-corrected chi connectivity index (χ0v) is 86.5. The van der Waals surface area contributed by atoms with Gasteiger partial charge in [0.2, 0.25) is 5.95 Å². The average Bonchev–Trinajstić information content (AvgIpc) is 0.814. The fraction of sp³-hybridized carbons (Fsp3) is 0.409. The summed E-state index contributed by atoms with van der Waals surface area (Å²) in [5, 5.41) is 10.8. The SMILES string of the molecule is CCCC1CCC(c2ccc(Cc3ccc(C)c(Cc4ccccc4C(C)(C)C)c3)c(CC)c2)CC1.CCc1cc(C2CCC(C)CC2)ccc1Cc1ccc(C)c(Cc2ccccc2C(C)(C)C)c1.COc1cc(N2CCN(C)CC2)ccc1Cc1ncc(Cl)c(Nc2cccnc2P(C)(C)=O)n1.COc1cc(P(C)(C)=O)ccc1Nc1ncc(Cl)c(Nc2ccccc2C(C)=O)n1. The molecule has 0 amide bonds. The fourth-order valence-corrected chi connectivity index (χ4v) is 21.2. The second-order valence-corrected chi connectivity index (χ2v) is 47.2. The second-order valence-electron chi connectivity index (χ2n) is 40.0. The van der Waals surface area contributed by atoms with Gasteiger partial charge in [-0.3, -0.25) is 9.78 Å². The number of para-hydroxylation sites is 1. The van der Waals surface area contributed by atoms with Crippen molar-refractivity contribution >= 4 is 94.3 Å². The molecule has 2 aliphatic carbocycles. The molecule has 708 valence electrons. The minimum Gasteiger partial charge on any atom is -0.496 e. The number of pyridine rings is 1. The molecule has 3 aromatic heterocycles. The third kappa shape index (κ3) is 28.2. The lowest BCUT2D eigenvalue weighted by Gasteiger charge is -2.34. The number of benzene rings is 9. The Hall–Kier alpha value is -10.2. The van der Waals surface area contributed by atoms with E-state index in [9.17, 15) is 13.9 Å². The van der Waals surface area contributed by atoms with Crippen molar-refractivity contribution in [1.29, 1.82) is 0 Å². The molecule has 15 nitrogen and oxygen atoms in total. The lowest BCUT2D eigenvalue weighted by atomic mass is 9.76. The van der Waals surface area contributed by atoms with Gasteiger partial charge in [-0.2, -0.15) is 4.98 Å². The van der Waals surface area contributed by atoms with Crippen molar-refractivity contribution in [1.82, 2.24) is 29.8 Å². The number of carbonyl (C=O) groups excluding carboxylic acids is 1. The Morgan fingerprint density at radius 1 is 0.478 bits per heavy atom. The Morgan fingerprint density at radius 2 is 0.993 bits per heavy atom. The molecule has 0 atom stereocenters. The number of halogens is 2. The van der Waals surface area contributed by atoms with Crippen LogP contribution < -0.4 is 41.1 Å². The van der Waals surface area contributed by atoms with Crippen LogP contribution in [0.1, 0.15) is 263 Å². The maximum atomic E-state index is 12.7. The van der Waals surface area contributed by atoms with Crippen molar-refractivity contribution in [2.24, 2.45) is 11.8 Å². The summed E-state index contributed by atoms with van der Waals surface area (Å²) in [6.45, 7) is 40.2. The number of nitrogens with one attached hydrogen (secondary N) is 3. The maximum Gasteiger partial charge on any atom is 0.229 e. The van der Waals surface area contributed by atoms with Gasteiger partial charge in [0.25, 0.3) is 0 Å². The Bertz CT molecular complexity index is 6090. The molecule has 1 saturated heterocycles. The third-order valence-corrected chi connectivity index (χ3v) is 30.4. The summed E-state index contributed by atoms with van der Waals surface area (Å²) < 4.78 is 36.1. The molecule has 3 N–H and O–H groups in total. The zero-order valence-electron chi connectivity index (χ0n) is 83.2. The van der Waals surface area contributed by atoms with Gasteiger partial charge >= 0.3 is 0 Å². The van der Waals surface area contributed by atoms with E-state index in [1.807, 2.05) is 12.1 Å². The number of hydrogen-bond acceptors (Lipinski definition) is 15. The van der Waals surface area contributed by atoms with E-state index in [-0.39, 0.29) is 22.6 Å². The molecule has 3 aliphatic rings. The van der Waals surface area contributed by atoms with Crippen LogP contribution in [0.2, 0.25) is 10.0 Å². The van der Waals surface area contributed by atoms with Gasteiger partial charge in [-0.25, -0.2) is 15.0 Å². The van der Waals surface area contributed by atoms with E-state index in [2.05, 4.69) is 280 Å². The van der Waals surface area contributed by atoms with Gasteiger partial charge in [-0.1, -0.05) is 258 Å². The summed E-state index contributed by atoms with van der Waals surface area (Å²) in [7, 11) is 0.355. The Labute approximate surface area is 810 Å². The van der Waals surface area contributed by atoms with E-state index in [1.165, 1.54) is 157 Å². The molecule has 0 spiro atoms. The highest BCUT2D eigenvalue weighted by Gasteiger charge is 2.28. The van der Waals surface area contributed by atoms with Gasteiger partial charge in [-0.15, -0.1) is 0 Å². The summed E-state index contributed by atoms with van der Waals surface area (Å²) >= 11 is 12.6. The Balaban J connectivity index is 0.000000161. The first-order chi connectivity index (χ1) is 63.9. The van der Waals surface area contributed by atoms with Crippen molar-refractivity contribution in [3.63, 3.8) is 0 Å². The summed E-state index contributed by atoms with van der Waals surface area (Å²) in [6, 6.07) is 69.4. The van der Waals surface area contributed by atoms with E-state index in [0.29, 0.717) is 73.0 Å². The molecule has 9 aromatic carbocycles. The first-order valence-electron chi connectivity index (χ1n) is 48.3. The number of anilines is 7. The number of hydrogen-bond donors (Lipinski definition) is 3. The smallest absolute Gasteiger partial charge is 0.229 e. The molecule has 12 aromatic rings. The van der Waals surface area contributed by atoms with Crippen molar-refractivity contribution in [2.75, 3.05) is 95.0 Å². The van der Waals surface area contributed by atoms with Gasteiger partial charge in [-0.05, 0) is 304 Å². The van der Waals surface area contributed by atoms with E-state index in [4.69, 9.17) is 32.7 Å². The number of nitrogens with zero attached hydrogens (tertiary/aromatic N) is 7. The maximum absolute atomic E-state index is 12.7. The van der Waals surface area contributed by atoms with Gasteiger partial charge in [0.05, 0.1) is 43.7 Å². The summed E-state index contributed by atoms with van der Waals surface area (Å²) in [4.78, 5) is 38.6. The monoisotopic (exact) mass is 1880 g/mol. The van der Waals surface area contributed by atoms with E-state index >= 15 is 0 Å². The fourth-order valence-electron chi connectivity index (χ4n) is 19.0. The number of piperazine rings is 1. The molecule has 0 unspecified atom stereocenters. The average molecular weight is 1880 g/mol. The van der Waals surface area contributed by atoms with Crippen molar-refractivity contribution < 1.29 is 23.4 Å². The van der Waals surface area contributed by atoms with E-state index in [0.717, 1.165) is 105 Å². The largest absolute Gasteiger partial charge is 0.496 e. The number of aromatic nitrogens is 5. The minimum absolute atomic E-state index is 0.0735. The van der Waals surface area contributed by atoms with Crippen LogP contribution in [0, 0.1) is 25.7 Å². The lowest BCUT2D eigenvalue weighted by molar-refractivity contribution is 0.101. The molecule has 134 heavy (non-hydrogen) atoms. The van der Waals surface area contributed by atoms with Crippen molar-refractivity contribution in [2.45, 2.75) is 222 Å². The first kappa shape index (κ1) is 103. The van der Waals surface area contributed by atoms with Crippen LogP contribution in [0.3, 0.4) is 0 Å². The minimum atomic E-state index is -2.59. The third-order valence-electron chi connectivity index (χ3n) is 26.9. The highest BCUT2D eigenvalue weighted by atomic mass is 35.5. The number of rotatable bonds is 28. The zero-order chi connectivity index (χ0) is 96.2. The lowest BCUT2D eigenvalue weighted by Crippen LogP contribution is -2.44. The van der Waals surface area contributed by atoms with Crippen molar-refractivity contribution in [3.8, 4) is 11.5 Å². The highest BCUT2D eigenvalue weighted by Crippen LogP contribution is 2.44. The number of ether oxygens (including phenoxy) is 2. The molecule has 15 rings (SSSR count). The van der Waals surface area contributed by atoms with Crippen molar-refractivity contribution in [3.05, 3.63) is 329 Å². The molecule has 2 saturated carbocycles. The number of Topliss-reactive ketones (excluding diaryl/α,β-unsaturated/α-hetero) is 1. The van der Waals surface area contributed by atoms with Crippen LogP contribution in [0.15, 0.2) is 213 Å². The number of methoxy groups -OCH3 is 2. The number of likely N-dealkylation sites (N-methyl/N-ethyl adjacent to an activating group) is 1. The topological polar surface area (TPSA) is 177 Å². The van der Waals surface area contributed by atoms with Crippen LogP contribution in [-0.2, 0) is 64.9 Å². The summed E-state index contributed by atoms with van der Waals surface area (Å²) in [5.74, 6) is 6.35. The van der Waals surface area contributed by atoms with Crippen LogP contribution >= 0.6 is 37.5 Å². The number of aryl methyl sites for hydroxylation is 4. The molecule has 19 heteroatoms. The number of carbonyl (C=O) groups is 1. The van der Waals surface area contributed by atoms with Gasteiger partial charge in [0.15, 0.2) is 17.4 Å². The molecular formula is C115H144Cl2N10O5P2. The molecule has 3 fully saturated rings. The normalized spacial score (nSPS) is 15.9. The van der Waals surface area contributed by atoms with E-state index < -0.39 is 14.3 Å². The van der Waals surface area contributed by atoms with Crippen LogP contribution in [0.5, 0.6) is 11.5 Å². The summed E-state index contributed by atoms with van der Waals surface area (Å²) in [5.41, 5.74) is 29.0. The predicted octanol–water partition coefficient (Wildman–Crippen LogP) is 28.4. The number of ketones is 1. The van der Waals surface area contributed by atoms with Gasteiger partial charge in [0, 0.05) is 67.0 Å². The summed E-state index contributed by atoms with van der Waals surface area (Å²) in [6.07, 6.45) is 25.3. The predicted molar refractivity (Wildman–Crippen MR) is 567 cm³/mol. The first-order valence-corrected chi connectivity index (χ1v) is 54.3. The van der Waals surface area contributed by atoms with Crippen LogP contribution in [0.25, 0.3) is 0 Å². The highest BCUT2D eigenvalue weighted by molar-refractivity contribution is 7.70. The molecule has 4 heterocycles. The Morgan fingerprint density at radius 3 is 1.52 bits per heavy atom. The van der Waals surface area contributed by atoms with Gasteiger partial charge in [0.1, 0.15) is 47.1 Å². The van der Waals surface area contributed by atoms with Crippen LogP contribution in [0.4, 0.5) is 40.3 Å². The van der Waals surface area contributed by atoms with Gasteiger partial charge < -0.3 is 44.4 Å². The quantitative estimate of drug-likeness (QED) is 0.0312. The molecular weight excluding hydrogens is 1730 g/mol. The standard InChI is InChI=1S/C36H48.C34H44.C24H30ClN6O2P.C21H22ClN4O3P/c1-7-11-27-16-18-30(19-17-27)32-21-20-31(29(8-2)24-32)22-28-15-14-26(3)34(23-28)25-33-12-9-10-13-35(33)36(4,5)6;1-7-27-22-30(28-16-12-24(2)13-17-28)19-18-29(27)20-26-15-14-25(3)32(21-26)23-31-10-8-9-11-33(31)34(4,5)6;1-30-10-12-31(13-11-30)18-8-7-17(21(15-18)33-2)14-22-27-16-19(25)23(29-22)28-20-6-5-9-26-24(20)34(3,4)32;1-13(27)15-7-5-6-8-17(15)24-20-16(22)12-23-21(26-20)25-18-10-9-14(30(3,4)28)11-19(18)29-2/h9-10,12-15,20-21,23-24,27,30H,7-8,11,16-19,22,25H2,1-6H3;8-11,14-15,18-19,21-22,24,28H,7,12-13,16-17,20,23H2,1-6H3;5-9,15-16H,10-14H2,1-4H3,(H,27,28,29);5-12H,1-4H3,(H2,23,24,25,26).